The Morgan fingerprint density at radius 2 is 2.00 bits per heavy atom. The van der Waals surface area contributed by atoms with Gasteiger partial charge in [0.15, 0.2) is 5.82 Å². The van der Waals surface area contributed by atoms with E-state index in [0.29, 0.717) is 30.2 Å². The first-order valence-corrected chi connectivity index (χ1v) is 9.97. The summed E-state index contributed by atoms with van der Waals surface area (Å²) in [5.74, 6) is 2.01. The van der Waals surface area contributed by atoms with Gasteiger partial charge < -0.3 is 19.7 Å². The molecule has 0 saturated carbocycles. The highest BCUT2D eigenvalue weighted by atomic mass is 16.5. The molecule has 1 aliphatic heterocycles. The third kappa shape index (κ3) is 4.21. The van der Waals surface area contributed by atoms with Crippen molar-refractivity contribution in [3.63, 3.8) is 0 Å². The molecule has 0 bridgehead atoms. The fourth-order valence-electron chi connectivity index (χ4n) is 3.43. The molecule has 160 valence electrons. The van der Waals surface area contributed by atoms with Crippen LogP contribution < -0.4 is 20.5 Å². The number of rotatable bonds is 6. The van der Waals surface area contributed by atoms with Gasteiger partial charge in [0.2, 0.25) is 0 Å². The van der Waals surface area contributed by atoms with Crippen molar-refractivity contribution in [2.45, 2.75) is 13.5 Å². The van der Waals surface area contributed by atoms with Crippen molar-refractivity contribution in [2.24, 2.45) is 0 Å². The van der Waals surface area contributed by atoms with Crippen LogP contribution in [0.15, 0.2) is 35.1 Å². The largest absolute Gasteiger partial charge is 0.458 e. The minimum Gasteiger partial charge on any atom is -0.458 e. The van der Waals surface area contributed by atoms with Crippen molar-refractivity contribution in [3.05, 3.63) is 51.9 Å². The lowest BCUT2D eigenvalue weighted by Gasteiger charge is -2.28. The number of aromatic amines is 3. The van der Waals surface area contributed by atoms with E-state index in [0.717, 1.165) is 35.7 Å². The summed E-state index contributed by atoms with van der Waals surface area (Å²) >= 11 is 0. The number of H-pyrrole nitrogens is 3. The zero-order chi connectivity index (χ0) is 21.2. The summed E-state index contributed by atoms with van der Waals surface area (Å²) in [5.41, 5.74) is 2.42. The van der Waals surface area contributed by atoms with Crippen LogP contribution in [0.2, 0.25) is 0 Å². The second-order valence-corrected chi connectivity index (χ2v) is 7.30. The fraction of sp³-hybridized carbons (Fsp3) is 0.300. The molecule has 0 spiro atoms. The van der Waals surface area contributed by atoms with Crippen LogP contribution in [0.1, 0.15) is 11.3 Å². The molecule has 1 aliphatic rings. The molecule has 1 fully saturated rings. The smallest absolute Gasteiger partial charge is 0.320 e. The summed E-state index contributed by atoms with van der Waals surface area (Å²) in [6, 6.07) is 9.50. The van der Waals surface area contributed by atoms with Crippen molar-refractivity contribution in [1.82, 2.24) is 30.4 Å². The van der Waals surface area contributed by atoms with Gasteiger partial charge in [-0.25, -0.2) is 0 Å². The highest BCUT2D eigenvalue weighted by molar-refractivity contribution is 5.78. The second kappa shape index (κ2) is 8.11. The zero-order valence-electron chi connectivity index (χ0n) is 16.9. The molecule has 3 aromatic heterocycles. The van der Waals surface area contributed by atoms with Crippen LogP contribution in [0.5, 0.6) is 6.01 Å². The van der Waals surface area contributed by atoms with Crippen LogP contribution in [-0.2, 0) is 11.3 Å². The van der Waals surface area contributed by atoms with Gasteiger partial charge >= 0.3 is 6.01 Å². The summed E-state index contributed by atoms with van der Waals surface area (Å²) in [7, 11) is 0. The quantitative estimate of drug-likeness (QED) is 0.369. The lowest BCUT2D eigenvalue weighted by Crippen LogP contribution is -2.36. The average Bonchev–Trinajstić information content (AvgIpc) is 3.37. The Labute approximate surface area is 176 Å². The maximum Gasteiger partial charge on any atom is 0.320 e. The lowest BCUT2D eigenvalue weighted by atomic mass is 10.2. The van der Waals surface area contributed by atoms with Crippen molar-refractivity contribution >= 4 is 28.4 Å². The van der Waals surface area contributed by atoms with E-state index in [1.54, 1.807) is 6.07 Å². The maximum absolute atomic E-state index is 11.7. The molecular formula is C20H22N8O3. The molecule has 0 unspecified atom stereocenters. The van der Waals surface area contributed by atoms with Gasteiger partial charge in [-0.15, -0.1) is 0 Å². The van der Waals surface area contributed by atoms with E-state index in [-0.39, 0.29) is 18.2 Å². The minimum absolute atomic E-state index is 0.145. The second-order valence-electron chi connectivity index (χ2n) is 7.30. The van der Waals surface area contributed by atoms with Crippen LogP contribution >= 0.6 is 0 Å². The fourth-order valence-corrected chi connectivity index (χ4v) is 3.43. The number of aromatic nitrogens is 6. The van der Waals surface area contributed by atoms with E-state index in [9.17, 15) is 4.79 Å². The Morgan fingerprint density at radius 3 is 2.81 bits per heavy atom. The number of ether oxygens (including phenoxy) is 2. The van der Waals surface area contributed by atoms with Crippen LogP contribution in [0.3, 0.4) is 0 Å². The predicted molar refractivity (Wildman–Crippen MR) is 115 cm³/mol. The first kappa shape index (κ1) is 19.1. The monoisotopic (exact) mass is 422 g/mol. The summed E-state index contributed by atoms with van der Waals surface area (Å²) in [4.78, 5) is 22.9. The molecule has 1 aromatic carbocycles. The van der Waals surface area contributed by atoms with Crippen molar-refractivity contribution in [1.29, 1.82) is 0 Å². The Hall–Kier alpha value is -3.86. The summed E-state index contributed by atoms with van der Waals surface area (Å²) in [5, 5.41) is 16.3. The molecule has 4 N–H and O–H groups in total. The summed E-state index contributed by atoms with van der Waals surface area (Å²) in [6.45, 7) is 4.98. The molecule has 0 atom stereocenters. The molecule has 5 rings (SSSR count). The van der Waals surface area contributed by atoms with Crippen LogP contribution in [0.4, 0.5) is 17.5 Å². The first-order chi connectivity index (χ1) is 15.1. The van der Waals surface area contributed by atoms with Gasteiger partial charge in [-0.2, -0.15) is 15.1 Å². The third-order valence-electron chi connectivity index (χ3n) is 5.00. The van der Waals surface area contributed by atoms with Gasteiger partial charge in [-0.1, -0.05) is 6.07 Å². The molecule has 4 heterocycles. The number of aryl methyl sites for hydroxylation is 1. The number of hydrogen-bond acceptors (Lipinski definition) is 8. The number of nitrogens with zero attached hydrogens (tertiary/aromatic N) is 4. The molecule has 11 heteroatoms. The van der Waals surface area contributed by atoms with Crippen molar-refractivity contribution in [3.8, 4) is 6.01 Å². The van der Waals surface area contributed by atoms with Gasteiger partial charge in [0.05, 0.1) is 24.1 Å². The van der Waals surface area contributed by atoms with Crippen molar-refractivity contribution < 1.29 is 9.47 Å². The van der Waals surface area contributed by atoms with E-state index < -0.39 is 0 Å². The Kier molecular flexibility index (Phi) is 5.00. The van der Waals surface area contributed by atoms with E-state index in [4.69, 9.17) is 9.47 Å². The predicted octanol–water partition coefficient (Wildman–Crippen LogP) is 1.84. The number of anilines is 3. The standard InChI is InChI=1S/C20H22N8O3/c1-12-8-17(26-24-12)21-16-10-18(28-4-6-30-7-5-28)23-20(22-16)31-11-13-2-3-14-15(9-13)25-27-19(14)29/h2-3,8-10H,4-7,11H2,1H3,(H2,25,27,29)(H2,21,22,23,24,26). The molecule has 0 amide bonds. The van der Waals surface area contributed by atoms with E-state index in [1.165, 1.54) is 0 Å². The maximum atomic E-state index is 11.7. The van der Waals surface area contributed by atoms with E-state index >= 15 is 0 Å². The van der Waals surface area contributed by atoms with Crippen molar-refractivity contribution in [2.75, 3.05) is 36.5 Å². The topological polar surface area (TPSA) is 137 Å². The SMILES string of the molecule is Cc1cc(Nc2cc(N3CCOCC3)nc(OCc3ccc4c(=O)[nH][nH]c4c3)n2)n[nH]1. The van der Waals surface area contributed by atoms with Gasteiger partial charge in [0.1, 0.15) is 18.2 Å². The van der Waals surface area contributed by atoms with Crippen LogP contribution in [0, 0.1) is 6.92 Å². The Morgan fingerprint density at radius 1 is 1.13 bits per heavy atom. The molecule has 1 saturated heterocycles. The highest BCUT2D eigenvalue weighted by Crippen LogP contribution is 2.23. The van der Waals surface area contributed by atoms with E-state index in [2.05, 4.69) is 40.6 Å². The number of nitrogens with one attached hydrogen (secondary N) is 4. The lowest BCUT2D eigenvalue weighted by molar-refractivity contribution is 0.122. The Bertz CT molecular complexity index is 1250. The van der Waals surface area contributed by atoms with Gasteiger partial charge in [-0.05, 0) is 24.6 Å². The van der Waals surface area contributed by atoms with Gasteiger partial charge in [-0.3, -0.25) is 20.1 Å². The number of fused-ring (bicyclic) bond motifs is 1. The van der Waals surface area contributed by atoms with Gasteiger partial charge in [0.25, 0.3) is 5.56 Å². The normalized spacial score (nSPS) is 14.2. The van der Waals surface area contributed by atoms with Crippen LogP contribution in [0.25, 0.3) is 10.9 Å². The molecule has 11 nitrogen and oxygen atoms in total. The zero-order valence-corrected chi connectivity index (χ0v) is 16.9. The van der Waals surface area contributed by atoms with E-state index in [1.807, 2.05) is 31.2 Å². The average molecular weight is 422 g/mol. The Balaban J connectivity index is 1.39. The first-order valence-electron chi connectivity index (χ1n) is 9.97. The molecule has 4 aromatic rings. The summed E-state index contributed by atoms with van der Waals surface area (Å²) in [6.07, 6.45) is 0. The summed E-state index contributed by atoms with van der Waals surface area (Å²) < 4.78 is 11.4. The number of benzene rings is 1. The highest BCUT2D eigenvalue weighted by Gasteiger charge is 2.16. The number of morpholine rings is 1. The number of hydrogen-bond donors (Lipinski definition) is 4. The molecule has 0 radical (unpaired) electrons. The van der Waals surface area contributed by atoms with Crippen LogP contribution in [-0.4, -0.2) is 56.7 Å². The van der Waals surface area contributed by atoms with Gasteiger partial charge in [0, 0.05) is 30.9 Å². The molecular weight excluding hydrogens is 400 g/mol. The molecule has 0 aliphatic carbocycles. The minimum atomic E-state index is -0.145. The third-order valence-corrected chi connectivity index (χ3v) is 5.00. The molecule has 31 heavy (non-hydrogen) atoms.